The van der Waals surface area contributed by atoms with Crippen LogP contribution < -0.4 is 10.4 Å². The highest BCUT2D eigenvalue weighted by molar-refractivity contribution is 5.85. The lowest BCUT2D eigenvalue weighted by Gasteiger charge is -2.39. The minimum atomic E-state index is -1.53. The molecule has 19 heavy (non-hydrogen) atoms. The second-order valence-electron chi connectivity index (χ2n) is 4.41. The average molecular weight is 262 g/mol. The van der Waals surface area contributed by atoms with E-state index in [-0.39, 0.29) is 6.10 Å². The number of benzene rings is 1. The number of para-hydroxylation sites is 1. The first-order chi connectivity index (χ1) is 9.22. The zero-order chi connectivity index (χ0) is 13.3. The lowest BCUT2D eigenvalue weighted by atomic mass is 10.1. The molecule has 1 aromatic carbocycles. The Morgan fingerprint density at radius 1 is 1.42 bits per heavy atom. The van der Waals surface area contributed by atoms with E-state index < -0.39 is 11.7 Å². The monoisotopic (exact) mass is 262 g/mol. The molecular weight excluding hydrogens is 248 g/mol. The number of nitrogens with one attached hydrogen (secondary N) is 1. The van der Waals surface area contributed by atoms with E-state index in [9.17, 15) is 9.90 Å². The Kier molecular flexibility index (Phi) is 2.88. The molecule has 2 aliphatic heterocycles. The van der Waals surface area contributed by atoms with Crippen LogP contribution in [0.3, 0.4) is 0 Å². The van der Waals surface area contributed by atoms with Gasteiger partial charge in [0.05, 0.1) is 18.9 Å². The molecule has 0 bridgehead atoms. The number of carboxylic acid groups (broad SMARTS) is 1. The van der Waals surface area contributed by atoms with Crippen molar-refractivity contribution in [3.8, 4) is 0 Å². The molecule has 1 aromatic rings. The Hall–Kier alpha value is -2.05. The molecule has 0 spiro atoms. The van der Waals surface area contributed by atoms with Crippen molar-refractivity contribution in [3.63, 3.8) is 0 Å². The molecule has 1 saturated heterocycles. The SMILES string of the molecule is O=C(O)C1(OC2COC2)C=CNN1c1ccccc1. The molecule has 6 heteroatoms. The molecule has 1 fully saturated rings. The van der Waals surface area contributed by atoms with Gasteiger partial charge in [-0.25, -0.2) is 9.80 Å². The number of aliphatic carboxylic acids is 1. The molecule has 0 amide bonds. The fourth-order valence-electron chi connectivity index (χ4n) is 2.08. The van der Waals surface area contributed by atoms with Gasteiger partial charge in [0, 0.05) is 6.20 Å². The van der Waals surface area contributed by atoms with Gasteiger partial charge in [-0.1, -0.05) is 18.2 Å². The highest BCUT2D eigenvalue weighted by Gasteiger charge is 2.49. The Morgan fingerprint density at radius 3 is 2.74 bits per heavy atom. The molecule has 3 rings (SSSR count). The predicted octanol–water partition coefficient (Wildman–Crippen LogP) is 0.721. The third-order valence-electron chi connectivity index (χ3n) is 3.12. The van der Waals surface area contributed by atoms with Crippen molar-refractivity contribution in [2.45, 2.75) is 11.8 Å². The summed E-state index contributed by atoms with van der Waals surface area (Å²) in [6.45, 7) is 0.844. The Morgan fingerprint density at radius 2 is 2.16 bits per heavy atom. The second kappa shape index (κ2) is 4.56. The molecule has 2 N–H and O–H groups in total. The third-order valence-corrected chi connectivity index (χ3v) is 3.12. The molecule has 0 aromatic heterocycles. The van der Waals surface area contributed by atoms with Crippen LogP contribution in [0.4, 0.5) is 5.69 Å². The number of hydrogen-bond donors (Lipinski definition) is 2. The zero-order valence-corrected chi connectivity index (χ0v) is 10.2. The number of hydrogen-bond acceptors (Lipinski definition) is 5. The van der Waals surface area contributed by atoms with Crippen LogP contribution in [0.1, 0.15) is 0 Å². The number of rotatable bonds is 4. The number of anilines is 1. The maximum Gasteiger partial charge on any atom is 0.363 e. The first kappa shape index (κ1) is 12.0. The highest BCUT2D eigenvalue weighted by atomic mass is 16.6. The van der Waals surface area contributed by atoms with Gasteiger partial charge < -0.3 is 20.0 Å². The van der Waals surface area contributed by atoms with Crippen molar-refractivity contribution in [1.82, 2.24) is 5.43 Å². The van der Waals surface area contributed by atoms with Gasteiger partial charge in [-0.05, 0) is 18.2 Å². The molecule has 0 aliphatic carbocycles. The van der Waals surface area contributed by atoms with Crippen molar-refractivity contribution >= 4 is 11.7 Å². The molecule has 100 valence electrons. The highest BCUT2D eigenvalue weighted by Crippen LogP contribution is 2.31. The summed E-state index contributed by atoms with van der Waals surface area (Å²) in [7, 11) is 0. The zero-order valence-electron chi connectivity index (χ0n) is 10.2. The Labute approximate surface area is 110 Å². The normalized spacial score (nSPS) is 26.0. The quantitative estimate of drug-likeness (QED) is 0.833. The lowest BCUT2D eigenvalue weighted by Crippen LogP contribution is -2.60. The van der Waals surface area contributed by atoms with Gasteiger partial charge in [-0.2, -0.15) is 0 Å². The van der Waals surface area contributed by atoms with Crippen LogP contribution in [0.25, 0.3) is 0 Å². The number of hydrazine groups is 1. The first-order valence-electron chi connectivity index (χ1n) is 6.00. The van der Waals surface area contributed by atoms with Crippen LogP contribution in [-0.2, 0) is 14.3 Å². The van der Waals surface area contributed by atoms with Gasteiger partial charge >= 0.3 is 5.97 Å². The van der Waals surface area contributed by atoms with Crippen molar-refractivity contribution in [2.75, 3.05) is 18.2 Å². The van der Waals surface area contributed by atoms with Crippen LogP contribution in [0, 0.1) is 0 Å². The third kappa shape index (κ3) is 1.94. The predicted molar refractivity (Wildman–Crippen MR) is 67.3 cm³/mol. The van der Waals surface area contributed by atoms with Crippen LogP contribution in [0.15, 0.2) is 42.6 Å². The molecule has 0 saturated carbocycles. The largest absolute Gasteiger partial charge is 0.477 e. The summed E-state index contributed by atoms with van der Waals surface area (Å²) in [5.74, 6) is -1.07. The standard InChI is InChI=1S/C13H14N2O4/c16-12(17)13(19-11-8-18-9-11)6-7-14-15(13)10-4-2-1-3-5-10/h1-7,11,14H,8-9H2,(H,16,17). The lowest BCUT2D eigenvalue weighted by molar-refractivity contribution is -0.196. The number of carbonyl (C=O) groups is 1. The Bertz CT molecular complexity index is 501. The Balaban J connectivity index is 1.92. The molecule has 0 radical (unpaired) electrons. The first-order valence-corrected chi connectivity index (χ1v) is 6.00. The van der Waals surface area contributed by atoms with E-state index in [1.165, 1.54) is 11.1 Å². The summed E-state index contributed by atoms with van der Waals surface area (Å²) in [6, 6.07) is 9.19. The van der Waals surface area contributed by atoms with E-state index in [1.54, 1.807) is 6.20 Å². The van der Waals surface area contributed by atoms with E-state index in [0.717, 1.165) is 5.69 Å². The van der Waals surface area contributed by atoms with Crippen molar-refractivity contribution in [1.29, 1.82) is 0 Å². The maximum absolute atomic E-state index is 11.7. The summed E-state index contributed by atoms with van der Waals surface area (Å²) >= 11 is 0. The second-order valence-corrected chi connectivity index (χ2v) is 4.41. The molecule has 1 unspecified atom stereocenters. The fraction of sp³-hybridized carbons (Fsp3) is 0.308. The summed E-state index contributed by atoms with van der Waals surface area (Å²) in [5.41, 5.74) is 2.09. The molecular formula is C13H14N2O4. The van der Waals surface area contributed by atoms with Crippen molar-refractivity contribution in [2.24, 2.45) is 0 Å². The topological polar surface area (TPSA) is 71.0 Å². The average Bonchev–Trinajstić information content (AvgIpc) is 2.80. The van der Waals surface area contributed by atoms with Crippen LogP contribution in [0.2, 0.25) is 0 Å². The van der Waals surface area contributed by atoms with E-state index in [1.807, 2.05) is 30.3 Å². The summed E-state index contributed by atoms with van der Waals surface area (Å²) in [4.78, 5) is 11.7. The van der Waals surface area contributed by atoms with E-state index in [2.05, 4.69) is 5.43 Å². The van der Waals surface area contributed by atoms with Crippen molar-refractivity contribution < 1.29 is 19.4 Å². The van der Waals surface area contributed by atoms with Gasteiger partial charge in [0.2, 0.25) is 0 Å². The van der Waals surface area contributed by atoms with E-state index in [4.69, 9.17) is 9.47 Å². The minimum absolute atomic E-state index is 0.202. The van der Waals surface area contributed by atoms with Gasteiger partial charge in [-0.15, -0.1) is 0 Å². The fourth-order valence-corrected chi connectivity index (χ4v) is 2.08. The van der Waals surface area contributed by atoms with Crippen LogP contribution in [0.5, 0.6) is 0 Å². The van der Waals surface area contributed by atoms with Gasteiger partial charge in [-0.3, -0.25) is 0 Å². The molecule has 1 atom stereocenters. The summed E-state index contributed by atoms with van der Waals surface area (Å²) in [6.07, 6.45) is 2.87. The minimum Gasteiger partial charge on any atom is -0.477 e. The van der Waals surface area contributed by atoms with Gasteiger partial charge in [0.1, 0.15) is 6.10 Å². The number of carboxylic acids is 1. The van der Waals surface area contributed by atoms with Crippen molar-refractivity contribution in [3.05, 3.63) is 42.6 Å². The summed E-state index contributed by atoms with van der Waals surface area (Å²) < 4.78 is 10.7. The number of ether oxygens (including phenoxy) is 2. The van der Waals surface area contributed by atoms with E-state index >= 15 is 0 Å². The molecule has 2 heterocycles. The van der Waals surface area contributed by atoms with Crippen LogP contribution >= 0.6 is 0 Å². The van der Waals surface area contributed by atoms with Gasteiger partial charge in [0.15, 0.2) is 0 Å². The smallest absolute Gasteiger partial charge is 0.363 e. The molecule has 6 nitrogen and oxygen atoms in total. The van der Waals surface area contributed by atoms with E-state index in [0.29, 0.717) is 13.2 Å². The molecule has 2 aliphatic rings. The van der Waals surface area contributed by atoms with Gasteiger partial charge in [0.25, 0.3) is 5.72 Å². The maximum atomic E-state index is 11.7. The number of nitrogens with zero attached hydrogens (tertiary/aromatic N) is 1. The van der Waals surface area contributed by atoms with Crippen LogP contribution in [-0.4, -0.2) is 36.1 Å². The summed E-state index contributed by atoms with van der Waals surface area (Å²) in [5, 5.41) is 11.1.